The minimum absolute atomic E-state index is 0.173. The predicted molar refractivity (Wildman–Crippen MR) is 60.2 cm³/mol. The van der Waals surface area contributed by atoms with E-state index in [0.29, 0.717) is 0 Å². The topological polar surface area (TPSA) is 46.2 Å². The molecule has 0 fully saturated rings. The Kier molecular flexibility index (Phi) is 7.07. The maximum absolute atomic E-state index is 11.7. The van der Waals surface area contributed by atoms with Crippen molar-refractivity contribution in [3.05, 3.63) is 0 Å². The third kappa shape index (κ3) is 9.56. The minimum Gasteiger partial charge on any atom is -0.214 e. The van der Waals surface area contributed by atoms with Gasteiger partial charge < -0.3 is 0 Å². The Bertz CT molecular complexity index is 294. The zero-order valence-electron chi connectivity index (χ0n) is 8.55. The van der Waals surface area contributed by atoms with Gasteiger partial charge in [0.25, 0.3) is 0 Å². The normalized spacial score (nSPS) is 15.1. The van der Waals surface area contributed by atoms with Crippen LogP contribution in [0.5, 0.6) is 0 Å². The lowest BCUT2D eigenvalue weighted by Gasteiger charge is -2.10. The molecule has 0 aromatic rings. The first kappa shape index (κ1) is 16.3. The third-order valence-corrected chi connectivity index (χ3v) is 4.37. The molecule has 0 aromatic carbocycles. The van der Waals surface area contributed by atoms with Gasteiger partial charge in [0.05, 0.1) is 5.75 Å². The number of halogens is 4. The van der Waals surface area contributed by atoms with Gasteiger partial charge in [-0.2, -0.15) is 13.2 Å². The van der Waals surface area contributed by atoms with Crippen LogP contribution in [0.15, 0.2) is 0 Å². The molecule has 0 aliphatic heterocycles. The van der Waals surface area contributed by atoms with Crippen LogP contribution in [-0.4, -0.2) is 37.9 Å². The summed E-state index contributed by atoms with van der Waals surface area (Å²) in [4.78, 5) is 0. The second kappa shape index (κ2) is 6.93. The van der Waals surface area contributed by atoms with Crippen molar-refractivity contribution in [3.8, 4) is 0 Å². The van der Waals surface area contributed by atoms with Crippen LogP contribution < -0.4 is 4.72 Å². The Morgan fingerprint density at radius 2 is 2.00 bits per heavy atom. The lowest BCUT2D eigenvalue weighted by atomic mass is 10.3. The average molecular weight is 300 g/mol. The quantitative estimate of drug-likeness (QED) is 0.578. The van der Waals surface area contributed by atoms with Crippen molar-refractivity contribution in [2.75, 3.05) is 23.9 Å². The number of hydrogen-bond donors (Lipinski definition) is 1. The number of sulfonamides is 1. The summed E-state index contributed by atoms with van der Waals surface area (Å²) in [6.07, 6.45) is 0. The van der Waals surface area contributed by atoms with E-state index in [2.05, 4.69) is 4.72 Å². The number of rotatable bonds is 7. The van der Waals surface area contributed by atoms with E-state index in [-0.39, 0.29) is 41.6 Å². The molecule has 0 bridgehead atoms. The van der Waals surface area contributed by atoms with Crippen LogP contribution in [0.25, 0.3) is 0 Å². The molecule has 0 spiro atoms. The van der Waals surface area contributed by atoms with Crippen LogP contribution in [0.1, 0.15) is 6.92 Å². The molecule has 0 amide bonds. The van der Waals surface area contributed by atoms with Crippen LogP contribution >= 0.6 is 23.4 Å². The largest absolute Gasteiger partial charge is 0.441 e. The summed E-state index contributed by atoms with van der Waals surface area (Å²) < 4.78 is 59.7. The third-order valence-electron chi connectivity index (χ3n) is 1.46. The van der Waals surface area contributed by atoms with Gasteiger partial charge in [0.1, 0.15) is 0 Å². The zero-order chi connectivity index (χ0) is 12.8. The van der Waals surface area contributed by atoms with E-state index in [1.807, 2.05) is 0 Å². The van der Waals surface area contributed by atoms with Gasteiger partial charge in [-0.3, -0.25) is 0 Å². The predicted octanol–water partition coefficient (Wildman–Crippen LogP) is 2.03. The summed E-state index contributed by atoms with van der Waals surface area (Å²) in [5.41, 5.74) is -4.32. The van der Waals surface area contributed by atoms with E-state index in [0.717, 1.165) is 0 Å². The van der Waals surface area contributed by atoms with Crippen LogP contribution in [0.3, 0.4) is 0 Å². The highest BCUT2D eigenvalue weighted by Gasteiger charge is 2.27. The molecule has 1 atom stereocenters. The van der Waals surface area contributed by atoms with Crippen molar-refractivity contribution in [2.45, 2.75) is 12.4 Å². The summed E-state index contributed by atoms with van der Waals surface area (Å²) in [6, 6.07) is 0. The van der Waals surface area contributed by atoms with E-state index < -0.39 is 15.5 Å². The van der Waals surface area contributed by atoms with E-state index in [4.69, 9.17) is 11.6 Å². The maximum Gasteiger partial charge on any atom is 0.441 e. The van der Waals surface area contributed by atoms with Crippen molar-refractivity contribution < 1.29 is 21.6 Å². The maximum atomic E-state index is 11.7. The molecule has 0 aliphatic rings. The molecule has 9 heteroatoms. The molecule has 3 nitrogen and oxygen atoms in total. The van der Waals surface area contributed by atoms with Gasteiger partial charge in [-0.25, -0.2) is 13.1 Å². The second-order valence-electron chi connectivity index (χ2n) is 3.23. The Hall–Kier alpha value is 0.340. The van der Waals surface area contributed by atoms with Crippen molar-refractivity contribution in [1.29, 1.82) is 0 Å². The Balaban J connectivity index is 3.84. The highest BCUT2D eigenvalue weighted by atomic mass is 35.5. The summed E-state index contributed by atoms with van der Waals surface area (Å²) in [6.45, 7) is 1.41. The summed E-state index contributed by atoms with van der Waals surface area (Å²) >= 11 is 5.18. The lowest BCUT2D eigenvalue weighted by molar-refractivity contribution is -0.0327. The first-order valence-electron chi connectivity index (χ1n) is 4.40. The highest BCUT2D eigenvalue weighted by molar-refractivity contribution is 8.00. The molecule has 0 saturated carbocycles. The van der Waals surface area contributed by atoms with Crippen LogP contribution in [0.4, 0.5) is 13.2 Å². The number of hydrogen-bond acceptors (Lipinski definition) is 3. The highest BCUT2D eigenvalue weighted by Crippen LogP contribution is 2.29. The Labute approximate surface area is 102 Å². The molecular weight excluding hydrogens is 287 g/mol. The molecule has 1 unspecified atom stereocenters. The van der Waals surface area contributed by atoms with E-state index in [1.165, 1.54) is 0 Å². The molecule has 0 aromatic heterocycles. The molecule has 1 N–H and O–H groups in total. The standard InChI is InChI=1S/C7H13ClF3NO2S2/c1-6(4-8)5-16(13,14)12-2-3-15-7(9,10)11/h6,12H,2-5H2,1H3. The molecule has 16 heavy (non-hydrogen) atoms. The average Bonchev–Trinajstić information content (AvgIpc) is 2.10. The summed E-state index contributed by atoms with van der Waals surface area (Å²) in [7, 11) is -3.53. The minimum atomic E-state index is -4.32. The van der Waals surface area contributed by atoms with Gasteiger partial charge in [0, 0.05) is 18.2 Å². The molecule has 0 rings (SSSR count). The van der Waals surface area contributed by atoms with Crippen molar-refractivity contribution in [1.82, 2.24) is 4.72 Å². The lowest BCUT2D eigenvalue weighted by Crippen LogP contribution is -2.31. The van der Waals surface area contributed by atoms with E-state index >= 15 is 0 Å². The zero-order valence-corrected chi connectivity index (χ0v) is 10.9. The van der Waals surface area contributed by atoms with Crippen LogP contribution in [0.2, 0.25) is 0 Å². The Morgan fingerprint density at radius 3 is 2.44 bits per heavy atom. The van der Waals surface area contributed by atoms with Crippen molar-refractivity contribution in [3.63, 3.8) is 0 Å². The first-order chi connectivity index (χ1) is 7.16. The molecule has 98 valence electrons. The van der Waals surface area contributed by atoms with E-state index in [1.54, 1.807) is 6.92 Å². The Morgan fingerprint density at radius 1 is 1.44 bits per heavy atom. The first-order valence-corrected chi connectivity index (χ1v) is 7.57. The molecule has 0 radical (unpaired) electrons. The fourth-order valence-corrected chi connectivity index (χ4v) is 3.04. The van der Waals surface area contributed by atoms with E-state index in [9.17, 15) is 21.6 Å². The summed E-state index contributed by atoms with van der Waals surface area (Å²) in [5, 5.41) is 0. The summed E-state index contributed by atoms with van der Waals surface area (Å²) in [5.74, 6) is -0.543. The smallest absolute Gasteiger partial charge is 0.214 e. The van der Waals surface area contributed by atoms with Gasteiger partial charge in [-0.15, -0.1) is 11.6 Å². The van der Waals surface area contributed by atoms with Crippen LogP contribution in [-0.2, 0) is 10.0 Å². The molecular formula is C7H13ClF3NO2S2. The van der Waals surface area contributed by atoms with Gasteiger partial charge in [0.2, 0.25) is 10.0 Å². The second-order valence-corrected chi connectivity index (χ2v) is 6.55. The molecule has 0 heterocycles. The fourth-order valence-electron chi connectivity index (χ4n) is 0.842. The van der Waals surface area contributed by atoms with Crippen LogP contribution in [0, 0.1) is 5.92 Å². The monoisotopic (exact) mass is 299 g/mol. The fraction of sp³-hybridized carbons (Fsp3) is 1.00. The number of alkyl halides is 4. The van der Waals surface area contributed by atoms with Gasteiger partial charge >= 0.3 is 5.51 Å². The SMILES string of the molecule is CC(CCl)CS(=O)(=O)NCCSC(F)(F)F. The van der Waals surface area contributed by atoms with Crippen molar-refractivity contribution >= 4 is 33.4 Å². The van der Waals surface area contributed by atoms with Gasteiger partial charge in [-0.05, 0) is 17.7 Å². The number of thioether (sulfide) groups is 1. The molecule has 0 saturated heterocycles. The molecule has 0 aliphatic carbocycles. The van der Waals surface area contributed by atoms with Crippen molar-refractivity contribution in [2.24, 2.45) is 5.92 Å². The van der Waals surface area contributed by atoms with Gasteiger partial charge in [0.15, 0.2) is 0 Å². The van der Waals surface area contributed by atoms with Gasteiger partial charge in [-0.1, -0.05) is 6.92 Å². The number of nitrogens with one attached hydrogen (secondary N) is 1.